The molecule has 2 aromatic rings. The average molecular weight is 384 g/mol. The zero-order valence-corrected chi connectivity index (χ0v) is 18.0. The molecule has 0 aromatic heterocycles. The maximum atomic E-state index is 6.13. The Hall–Kier alpha value is -1.43. The lowest BCUT2D eigenvalue weighted by molar-refractivity contribution is 0.00578. The number of ether oxygens (including phenoxy) is 1. The van der Waals surface area contributed by atoms with Crippen LogP contribution in [0.5, 0.6) is 5.75 Å². The van der Waals surface area contributed by atoms with Gasteiger partial charge in [0.2, 0.25) is 0 Å². The summed E-state index contributed by atoms with van der Waals surface area (Å²) in [5.41, 5.74) is 2.98. The first-order chi connectivity index (χ1) is 12.7. The van der Waals surface area contributed by atoms with Crippen molar-refractivity contribution in [3.8, 4) is 5.75 Å². The largest absolute Gasteiger partial charge is 0.494 e. The van der Waals surface area contributed by atoms with Crippen molar-refractivity contribution in [2.24, 2.45) is 0 Å². The van der Waals surface area contributed by atoms with Gasteiger partial charge >= 0.3 is 7.12 Å². The van der Waals surface area contributed by atoms with Crippen molar-refractivity contribution in [1.82, 2.24) is 0 Å². The van der Waals surface area contributed by atoms with Gasteiger partial charge in [0.25, 0.3) is 0 Å². The summed E-state index contributed by atoms with van der Waals surface area (Å²) in [6.07, 6.45) is 0. The molecule has 0 unspecified atom stereocenters. The predicted molar refractivity (Wildman–Crippen MR) is 114 cm³/mol. The van der Waals surface area contributed by atoms with E-state index in [0.29, 0.717) is 6.61 Å². The summed E-state index contributed by atoms with van der Waals surface area (Å²) in [4.78, 5) is 1.28. The minimum atomic E-state index is -0.358. The molecule has 0 atom stereocenters. The van der Waals surface area contributed by atoms with Crippen LogP contribution in [0.1, 0.15) is 38.8 Å². The molecule has 1 aliphatic rings. The zero-order valence-electron chi connectivity index (χ0n) is 17.2. The molecule has 0 N–H and O–H groups in total. The van der Waals surface area contributed by atoms with Crippen LogP contribution in [0.3, 0.4) is 0 Å². The number of hydrogen-bond donors (Lipinski definition) is 0. The van der Waals surface area contributed by atoms with Crippen LogP contribution in [0.15, 0.2) is 47.4 Å². The molecule has 0 aliphatic carbocycles. The lowest BCUT2D eigenvalue weighted by atomic mass is 9.79. The van der Waals surface area contributed by atoms with Gasteiger partial charge in [-0.2, -0.15) is 0 Å². The lowest BCUT2D eigenvalue weighted by Gasteiger charge is -2.32. The van der Waals surface area contributed by atoms with Crippen molar-refractivity contribution < 1.29 is 14.0 Å². The molecule has 0 spiro atoms. The van der Waals surface area contributed by atoms with Gasteiger partial charge in [0.05, 0.1) is 17.8 Å². The van der Waals surface area contributed by atoms with Gasteiger partial charge in [-0.05, 0) is 82.4 Å². The van der Waals surface area contributed by atoms with E-state index in [9.17, 15) is 0 Å². The van der Waals surface area contributed by atoms with Gasteiger partial charge in [-0.15, -0.1) is 11.8 Å². The van der Waals surface area contributed by atoms with E-state index >= 15 is 0 Å². The normalized spacial score (nSPS) is 17.9. The molecule has 3 rings (SSSR count). The van der Waals surface area contributed by atoms with Crippen molar-refractivity contribution in [2.75, 3.05) is 12.4 Å². The monoisotopic (exact) mass is 384 g/mol. The second kappa shape index (κ2) is 7.90. The highest BCUT2D eigenvalue weighted by molar-refractivity contribution is 7.99. The van der Waals surface area contributed by atoms with Crippen LogP contribution in [-0.2, 0) is 9.31 Å². The molecule has 27 heavy (non-hydrogen) atoms. The van der Waals surface area contributed by atoms with Crippen molar-refractivity contribution in [3.05, 3.63) is 53.6 Å². The second-order valence-electron chi connectivity index (χ2n) is 8.10. The minimum absolute atomic E-state index is 0.336. The average Bonchev–Trinajstić information content (AvgIpc) is 2.83. The number of rotatable bonds is 6. The highest BCUT2D eigenvalue weighted by Crippen LogP contribution is 2.36. The highest BCUT2D eigenvalue weighted by atomic mass is 32.2. The molecule has 0 amide bonds. The Morgan fingerprint density at radius 1 is 0.926 bits per heavy atom. The Morgan fingerprint density at radius 3 is 2.30 bits per heavy atom. The van der Waals surface area contributed by atoms with E-state index in [1.54, 1.807) is 0 Å². The predicted octanol–water partition coefficient (Wildman–Crippen LogP) is 4.77. The highest BCUT2D eigenvalue weighted by Gasteiger charge is 2.51. The molecular formula is C22H29BO3S. The standard InChI is InChI=1S/C22H29BO3S/c1-16-10-11-20(14-17(16)2)27-13-12-24-19-9-7-8-18(15-19)23-25-21(3,4)22(5,6)26-23/h7-11,14-15H,12-13H2,1-6H3. The molecule has 1 heterocycles. The van der Waals surface area contributed by atoms with E-state index < -0.39 is 0 Å². The first-order valence-corrected chi connectivity index (χ1v) is 10.4. The first-order valence-electron chi connectivity index (χ1n) is 9.46. The fourth-order valence-electron chi connectivity index (χ4n) is 2.85. The third kappa shape index (κ3) is 4.71. The molecule has 1 aliphatic heterocycles. The molecule has 1 saturated heterocycles. The van der Waals surface area contributed by atoms with Crippen LogP contribution >= 0.6 is 11.8 Å². The van der Waals surface area contributed by atoms with Crippen LogP contribution in [0.25, 0.3) is 0 Å². The number of benzene rings is 2. The number of thioether (sulfide) groups is 1. The van der Waals surface area contributed by atoms with E-state index in [1.807, 2.05) is 36.0 Å². The Kier molecular flexibility index (Phi) is 5.94. The van der Waals surface area contributed by atoms with Gasteiger partial charge in [-0.25, -0.2) is 0 Å². The quantitative estimate of drug-likeness (QED) is 0.407. The van der Waals surface area contributed by atoms with E-state index in [0.717, 1.165) is 17.0 Å². The summed E-state index contributed by atoms with van der Waals surface area (Å²) in [7, 11) is -0.358. The summed E-state index contributed by atoms with van der Waals surface area (Å²) in [6, 6.07) is 14.6. The minimum Gasteiger partial charge on any atom is -0.493 e. The molecule has 0 saturated carbocycles. The van der Waals surface area contributed by atoms with Crippen LogP contribution < -0.4 is 10.2 Å². The van der Waals surface area contributed by atoms with Gasteiger partial charge in [0.15, 0.2) is 0 Å². The van der Waals surface area contributed by atoms with E-state index in [1.165, 1.54) is 16.0 Å². The third-order valence-electron chi connectivity index (χ3n) is 5.48. The van der Waals surface area contributed by atoms with Gasteiger partial charge in [-0.1, -0.05) is 18.2 Å². The van der Waals surface area contributed by atoms with Crippen LogP contribution in [0.2, 0.25) is 0 Å². The Balaban J connectivity index is 1.55. The van der Waals surface area contributed by atoms with Gasteiger partial charge in [0.1, 0.15) is 5.75 Å². The Bertz CT molecular complexity index is 788. The Morgan fingerprint density at radius 2 is 1.63 bits per heavy atom. The van der Waals surface area contributed by atoms with Crippen LogP contribution in [-0.4, -0.2) is 30.7 Å². The van der Waals surface area contributed by atoms with E-state index in [-0.39, 0.29) is 18.3 Å². The molecule has 5 heteroatoms. The fraction of sp³-hybridized carbons (Fsp3) is 0.455. The van der Waals surface area contributed by atoms with Crippen molar-refractivity contribution in [3.63, 3.8) is 0 Å². The van der Waals surface area contributed by atoms with E-state index in [2.05, 4.69) is 59.7 Å². The topological polar surface area (TPSA) is 27.7 Å². The second-order valence-corrected chi connectivity index (χ2v) is 9.27. The van der Waals surface area contributed by atoms with Crippen molar-refractivity contribution in [1.29, 1.82) is 0 Å². The summed E-state index contributed by atoms with van der Waals surface area (Å²) >= 11 is 1.82. The van der Waals surface area contributed by atoms with Crippen LogP contribution in [0.4, 0.5) is 0 Å². The summed E-state index contributed by atoms with van der Waals surface area (Å²) < 4.78 is 18.2. The molecule has 2 aromatic carbocycles. The number of hydrogen-bond acceptors (Lipinski definition) is 4. The fourth-order valence-corrected chi connectivity index (χ4v) is 3.68. The summed E-state index contributed by atoms with van der Waals surface area (Å²) in [5.74, 6) is 1.76. The van der Waals surface area contributed by atoms with Crippen LogP contribution in [0, 0.1) is 13.8 Å². The van der Waals surface area contributed by atoms with Crippen molar-refractivity contribution >= 4 is 24.3 Å². The SMILES string of the molecule is Cc1ccc(SCCOc2cccc(B3OC(C)(C)C(C)(C)O3)c2)cc1C. The smallest absolute Gasteiger partial charge is 0.493 e. The lowest BCUT2D eigenvalue weighted by Crippen LogP contribution is -2.41. The number of aryl methyl sites for hydroxylation is 2. The molecule has 1 fully saturated rings. The molecular weight excluding hydrogens is 355 g/mol. The third-order valence-corrected chi connectivity index (χ3v) is 6.44. The summed E-state index contributed by atoms with van der Waals surface area (Å²) in [6.45, 7) is 13.2. The summed E-state index contributed by atoms with van der Waals surface area (Å²) in [5, 5.41) is 0. The molecule has 144 valence electrons. The van der Waals surface area contributed by atoms with Gasteiger partial charge < -0.3 is 14.0 Å². The maximum absolute atomic E-state index is 6.13. The van der Waals surface area contributed by atoms with Gasteiger partial charge in [-0.3, -0.25) is 0 Å². The maximum Gasteiger partial charge on any atom is 0.494 e. The Labute approximate surface area is 167 Å². The van der Waals surface area contributed by atoms with E-state index in [4.69, 9.17) is 14.0 Å². The molecule has 0 bridgehead atoms. The molecule has 3 nitrogen and oxygen atoms in total. The molecule has 0 radical (unpaired) electrons. The van der Waals surface area contributed by atoms with Gasteiger partial charge in [0, 0.05) is 10.6 Å². The zero-order chi connectivity index (χ0) is 19.7. The first kappa shape index (κ1) is 20.3. The van der Waals surface area contributed by atoms with Crippen molar-refractivity contribution in [2.45, 2.75) is 57.6 Å².